The second-order valence-corrected chi connectivity index (χ2v) is 9.71. The van der Waals surface area contributed by atoms with Gasteiger partial charge in [-0.2, -0.15) is 5.26 Å². The average molecular weight is 432 g/mol. The van der Waals surface area contributed by atoms with E-state index in [0.29, 0.717) is 17.2 Å². The molecule has 1 fully saturated rings. The van der Waals surface area contributed by atoms with Crippen LogP contribution in [0.25, 0.3) is 0 Å². The molecular formula is C29H37NO2. The van der Waals surface area contributed by atoms with Crippen molar-refractivity contribution in [2.45, 2.75) is 90.4 Å². The van der Waals surface area contributed by atoms with Crippen molar-refractivity contribution in [2.75, 3.05) is 0 Å². The molecule has 0 bridgehead atoms. The molecule has 0 heterocycles. The third-order valence-electron chi connectivity index (χ3n) is 6.80. The lowest BCUT2D eigenvalue weighted by atomic mass is 9.69. The number of nitrogens with zero attached hydrogens (tertiary/aromatic N) is 1. The van der Waals surface area contributed by atoms with E-state index < -0.39 is 5.41 Å². The first-order valence-electron chi connectivity index (χ1n) is 12.3. The Balaban J connectivity index is 1.83. The number of carbonyl (C=O) groups is 1. The molecule has 170 valence electrons. The SMILES string of the molecule is CCCCc1ccc(OC(=O)C2(c3ccc(CCC(C)C)cc3)CCCCC2)c(C#N)c1. The summed E-state index contributed by atoms with van der Waals surface area (Å²) in [5, 5.41) is 9.65. The second-order valence-electron chi connectivity index (χ2n) is 9.71. The van der Waals surface area contributed by atoms with E-state index in [9.17, 15) is 10.1 Å². The van der Waals surface area contributed by atoms with E-state index in [2.05, 4.69) is 51.1 Å². The molecule has 0 atom stereocenters. The minimum atomic E-state index is -0.623. The number of benzene rings is 2. The van der Waals surface area contributed by atoms with E-state index in [4.69, 9.17) is 4.74 Å². The fraction of sp³-hybridized carbons (Fsp3) is 0.517. The van der Waals surface area contributed by atoms with E-state index >= 15 is 0 Å². The van der Waals surface area contributed by atoms with Crippen LogP contribution < -0.4 is 4.74 Å². The molecule has 32 heavy (non-hydrogen) atoms. The summed E-state index contributed by atoms with van der Waals surface area (Å²) in [5.41, 5.74) is 3.31. The zero-order valence-electron chi connectivity index (χ0n) is 20.0. The highest BCUT2D eigenvalue weighted by atomic mass is 16.5. The Kier molecular flexibility index (Phi) is 8.51. The van der Waals surface area contributed by atoms with Gasteiger partial charge < -0.3 is 4.74 Å². The Morgan fingerprint density at radius 1 is 1.03 bits per heavy atom. The van der Waals surface area contributed by atoms with Crippen LogP contribution in [-0.4, -0.2) is 5.97 Å². The van der Waals surface area contributed by atoms with Gasteiger partial charge in [0.25, 0.3) is 0 Å². The van der Waals surface area contributed by atoms with Crippen molar-refractivity contribution < 1.29 is 9.53 Å². The van der Waals surface area contributed by atoms with Crippen molar-refractivity contribution in [1.29, 1.82) is 5.26 Å². The zero-order valence-corrected chi connectivity index (χ0v) is 20.0. The summed E-state index contributed by atoms with van der Waals surface area (Å²) in [4.78, 5) is 13.6. The lowest BCUT2D eigenvalue weighted by molar-refractivity contribution is -0.142. The number of carbonyl (C=O) groups excluding carboxylic acids is 1. The maximum atomic E-state index is 13.6. The summed E-state index contributed by atoms with van der Waals surface area (Å²) in [5.74, 6) is 0.846. The van der Waals surface area contributed by atoms with Gasteiger partial charge in [0.2, 0.25) is 0 Å². The molecule has 3 nitrogen and oxygen atoms in total. The van der Waals surface area contributed by atoms with Crippen LogP contribution in [0, 0.1) is 17.2 Å². The fourth-order valence-corrected chi connectivity index (χ4v) is 4.70. The average Bonchev–Trinajstić information content (AvgIpc) is 2.82. The number of rotatable bonds is 9. The number of ether oxygens (including phenoxy) is 1. The number of nitriles is 1. The van der Waals surface area contributed by atoms with Crippen molar-refractivity contribution in [2.24, 2.45) is 5.92 Å². The van der Waals surface area contributed by atoms with Crippen LogP contribution in [0.5, 0.6) is 5.75 Å². The summed E-state index contributed by atoms with van der Waals surface area (Å²) in [6.45, 7) is 6.64. The van der Waals surface area contributed by atoms with Gasteiger partial charge in [-0.05, 0) is 73.3 Å². The standard InChI is InChI=1S/C29H37NO2/c1-4-5-9-24-14-17-27(25(20-24)21-30)32-28(31)29(18-7-6-8-19-29)26-15-12-23(13-16-26)11-10-22(2)3/h12-17,20,22H,4-11,18-19H2,1-3H3. The van der Waals surface area contributed by atoms with Crippen LogP contribution in [0.15, 0.2) is 42.5 Å². The number of esters is 1. The van der Waals surface area contributed by atoms with Gasteiger partial charge in [0.15, 0.2) is 0 Å². The van der Waals surface area contributed by atoms with Crippen LogP contribution in [0.4, 0.5) is 0 Å². The monoisotopic (exact) mass is 431 g/mol. The van der Waals surface area contributed by atoms with Gasteiger partial charge in [-0.25, -0.2) is 0 Å². The predicted octanol–water partition coefficient (Wildman–Crippen LogP) is 7.30. The lowest BCUT2D eigenvalue weighted by Crippen LogP contribution is -2.41. The van der Waals surface area contributed by atoms with E-state index in [-0.39, 0.29) is 5.97 Å². The minimum Gasteiger partial charge on any atom is -0.424 e. The molecule has 0 aliphatic heterocycles. The van der Waals surface area contributed by atoms with Gasteiger partial charge in [-0.3, -0.25) is 4.79 Å². The number of hydrogen-bond donors (Lipinski definition) is 0. The molecule has 3 rings (SSSR count). The van der Waals surface area contributed by atoms with Crippen LogP contribution in [0.2, 0.25) is 0 Å². The molecule has 0 saturated heterocycles. The topological polar surface area (TPSA) is 50.1 Å². The second kappa shape index (κ2) is 11.3. The molecule has 0 radical (unpaired) electrons. The third-order valence-corrected chi connectivity index (χ3v) is 6.80. The summed E-state index contributed by atoms with van der Waals surface area (Å²) in [6.07, 6.45) is 10.1. The Morgan fingerprint density at radius 2 is 1.72 bits per heavy atom. The molecule has 0 aromatic heterocycles. The van der Waals surface area contributed by atoms with E-state index in [1.807, 2.05) is 12.1 Å². The number of aryl methyl sites for hydroxylation is 2. The van der Waals surface area contributed by atoms with Crippen molar-refractivity contribution in [1.82, 2.24) is 0 Å². The Hall–Kier alpha value is -2.60. The Labute approximate surface area is 193 Å². The first-order valence-corrected chi connectivity index (χ1v) is 12.3. The van der Waals surface area contributed by atoms with Gasteiger partial charge in [0.05, 0.1) is 11.0 Å². The van der Waals surface area contributed by atoms with Gasteiger partial charge in [0.1, 0.15) is 11.8 Å². The maximum Gasteiger partial charge on any atom is 0.321 e. The van der Waals surface area contributed by atoms with E-state index in [1.54, 1.807) is 6.07 Å². The molecule has 1 saturated carbocycles. The zero-order chi connectivity index (χ0) is 23.0. The predicted molar refractivity (Wildman–Crippen MR) is 130 cm³/mol. The first kappa shape index (κ1) is 24.1. The number of hydrogen-bond acceptors (Lipinski definition) is 3. The summed E-state index contributed by atoms with van der Waals surface area (Å²) < 4.78 is 5.94. The van der Waals surface area contributed by atoms with E-state index in [1.165, 1.54) is 5.56 Å². The molecule has 2 aromatic rings. The molecule has 0 amide bonds. The third kappa shape index (κ3) is 5.80. The number of unbranched alkanes of at least 4 members (excludes halogenated alkanes) is 1. The van der Waals surface area contributed by atoms with Crippen molar-refractivity contribution in [3.63, 3.8) is 0 Å². The molecule has 1 aliphatic carbocycles. The molecule has 2 aromatic carbocycles. The van der Waals surface area contributed by atoms with Crippen LogP contribution in [0.1, 0.15) is 94.4 Å². The highest BCUT2D eigenvalue weighted by Crippen LogP contribution is 2.41. The highest BCUT2D eigenvalue weighted by Gasteiger charge is 2.43. The Bertz CT molecular complexity index is 931. The van der Waals surface area contributed by atoms with Crippen LogP contribution in [0.3, 0.4) is 0 Å². The maximum absolute atomic E-state index is 13.6. The van der Waals surface area contributed by atoms with E-state index in [0.717, 1.165) is 75.3 Å². The van der Waals surface area contributed by atoms with Gasteiger partial charge >= 0.3 is 5.97 Å². The quantitative estimate of drug-likeness (QED) is 0.309. The minimum absolute atomic E-state index is 0.218. The normalized spacial score (nSPS) is 15.3. The van der Waals surface area contributed by atoms with Crippen molar-refractivity contribution >= 4 is 5.97 Å². The summed E-state index contributed by atoms with van der Waals surface area (Å²) in [6, 6.07) is 16.5. The lowest BCUT2D eigenvalue weighted by Gasteiger charge is -2.35. The summed E-state index contributed by atoms with van der Waals surface area (Å²) in [7, 11) is 0. The molecule has 0 N–H and O–H groups in total. The largest absolute Gasteiger partial charge is 0.424 e. The van der Waals surface area contributed by atoms with Crippen molar-refractivity contribution in [3.05, 3.63) is 64.7 Å². The van der Waals surface area contributed by atoms with Crippen LogP contribution in [-0.2, 0) is 23.1 Å². The van der Waals surface area contributed by atoms with Gasteiger partial charge in [0, 0.05) is 0 Å². The van der Waals surface area contributed by atoms with Crippen LogP contribution >= 0.6 is 0 Å². The molecule has 3 heteroatoms. The smallest absolute Gasteiger partial charge is 0.321 e. The van der Waals surface area contributed by atoms with Gasteiger partial charge in [-0.15, -0.1) is 0 Å². The first-order chi connectivity index (χ1) is 15.5. The summed E-state index contributed by atoms with van der Waals surface area (Å²) >= 11 is 0. The molecule has 0 unspecified atom stereocenters. The molecule has 1 aliphatic rings. The fourth-order valence-electron chi connectivity index (χ4n) is 4.70. The Morgan fingerprint density at radius 3 is 2.34 bits per heavy atom. The highest BCUT2D eigenvalue weighted by molar-refractivity contribution is 5.85. The van der Waals surface area contributed by atoms with Crippen molar-refractivity contribution in [3.8, 4) is 11.8 Å². The van der Waals surface area contributed by atoms with Gasteiger partial charge in [-0.1, -0.05) is 76.8 Å². The molecule has 0 spiro atoms. The molecular weight excluding hydrogens is 394 g/mol.